The van der Waals surface area contributed by atoms with Crippen molar-refractivity contribution in [1.29, 1.82) is 0 Å². The normalized spacial score (nSPS) is 14.1. The number of nitrogens with one attached hydrogen (secondary N) is 2. The van der Waals surface area contributed by atoms with Crippen LogP contribution in [0.4, 0.5) is 4.39 Å². The Labute approximate surface area is 101 Å². The molecule has 0 radical (unpaired) electrons. The van der Waals surface area contributed by atoms with Crippen LogP contribution in [0.2, 0.25) is 0 Å². The third kappa shape index (κ3) is 3.82. The second kappa shape index (κ2) is 6.35. The Hall–Kier alpha value is -1.42. The van der Waals surface area contributed by atoms with Crippen molar-refractivity contribution in [3.05, 3.63) is 35.6 Å². The molecule has 1 aromatic rings. The van der Waals surface area contributed by atoms with Crippen LogP contribution >= 0.6 is 0 Å². The van der Waals surface area contributed by atoms with E-state index in [1.807, 2.05) is 13.8 Å². The second-order valence-electron chi connectivity index (χ2n) is 4.03. The first-order valence-corrected chi connectivity index (χ1v) is 5.84. The zero-order chi connectivity index (χ0) is 12.8. The van der Waals surface area contributed by atoms with E-state index in [0.717, 1.165) is 0 Å². The quantitative estimate of drug-likeness (QED) is 0.823. The maximum Gasteiger partial charge on any atom is 0.236 e. The van der Waals surface area contributed by atoms with E-state index in [2.05, 4.69) is 10.6 Å². The van der Waals surface area contributed by atoms with Crippen LogP contribution in [0.5, 0.6) is 0 Å². The average Bonchev–Trinajstić information content (AvgIpc) is 2.29. The number of hydrogen-bond acceptors (Lipinski definition) is 2. The van der Waals surface area contributed by atoms with Gasteiger partial charge in [0, 0.05) is 18.2 Å². The van der Waals surface area contributed by atoms with Gasteiger partial charge < -0.3 is 5.32 Å². The highest BCUT2D eigenvalue weighted by atomic mass is 19.1. The first-order chi connectivity index (χ1) is 8.06. The molecule has 0 saturated heterocycles. The Balaban J connectivity index is 2.63. The summed E-state index contributed by atoms with van der Waals surface area (Å²) in [4.78, 5) is 11.5. The summed E-state index contributed by atoms with van der Waals surface area (Å²) in [5, 5.41) is 5.79. The van der Waals surface area contributed by atoms with E-state index in [-0.39, 0.29) is 23.8 Å². The number of hydrogen-bond donors (Lipinski definition) is 2. The summed E-state index contributed by atoms with van der Waals surface area (Å²) in [6.45, 7) is 6.07. The van der Waals surface area contributed by atoms with E-state index in [0.29, 0.717) is 12.1 Å². The molecule has 3 nitrogen and oxygen atoms in total. The first kappa shape index (κ1) is 13.6. The van der Waals surface area contributed by atoms with Gasteiger partial charge in [-0.3, -0.25) is 10.1 Å². The van der Waals surface area contributed by atoms with Crippen molar-refractivity contribution >= 4 is 5.91 Å². The molecule has 0 aliphatic rings. The van der Waals surface area contributed by atoms with Crippen molar-refractivity contribution in [3.8, 4) is 0 Å². The lowest BCUT2D eigenvalue weighted by Crippen LogP contribution is -2.43. The molecular formula is C13H19FN2O. The zero-order valence-corrected chi connectivity index (χ0v) is 10.5. The van der Waals surface area contributed by atoms with Gasteiger partial charge in [-0.15, -0.1) is 0 Å². The summed E-state index contributed by atoms with van der Waals surface area (Å²) in [7, 11) is 0. The molecule has 0 fully saturated rings. The van der Waals surface area contributed by atoms with Crippen LogP contribution in [-0.2, 0) is 4.79 Å². The first-order valence-electron chi connectivity index (χ1n) is 5.84. The smallest absolute Gasteiger partial charge is 0.236 e. The van der Waals surface area contributed by atoms with Crippen LogP contribution in [0.15, 0.2) is 24.3 Å². The maximum absolute atomic E-state index is 13.5. The number of benzene rings is 1. The molecule has 1 amide bonds. The van der Waals surface area contributed by atoms with Crippen molar-refractivity contribution in [2.75, 3.05) is 6.54 Å². The summed E-state index contributed by atoms with van der Waals surface area (Å²) < 4.78 is 13.5. The lowest BCUT2D eigenvalue weighted by atomic mass is 10.1. The molecule has 2 atom stereocenters. The number of halogens is 1. The molecule has 0 aliphatic carbocycles. The van der Waals surface area contributed by atoms with Crippen LogP contribution in [-0.4, -0.2) is 18.5 Å². The molecule has 0 heterocycles. The Morgan fingerprint density at radius 2 is 2.00 bits per heavy atom. The molecular weight excluding hydrogens is 219 g/mol. The van der Waals surface area contributed by atoms with Gasteiger partial charge in [0.1, 0.15) is 5.82 Å². The lowest BCUT2D eigenvalue weighted by Gasteiger charge is -2.20. The summed E-state index contributed by atoms with van der Waals surface area (Å²) in [6, 6.07) is 6.03. The minimum Gasteiger partial charge on any atom is -0.355 e. The molecule has 1 aromatic carbocycles. The summed E-state index contributed by atoms with van der Waals surface area (Å²) in [6.07, 6.45) is 0. The van der Waals surface area contributed by atoms with Gasteiger partial charge in [0.05, 0.1) is 6.04 Å². The molecule has 17 heavy (non-hydrogen) atoms. The van der Waals surface area contributed by atoms with E-state index in [9.17, 15) is 9.18 Å². The van der Waals surface area contributed by atoms with Gasteiger partial charge in [-0.2, -0.15) is 0 Å². The highest BCUT2D eigenvalue weighted by Crippen LogP contribution is 2.16. The van der Waals surface area contributed by atoms with E-state index in [4.69, 9.17) is 0 Å². The number of amides is 1. The van der Waals surface area contributed by atoms with Gasteiger partial charge in [-0.25, -0.2) is 4.39 Å². The van der Waals surface area contributed by atoms with Gasteiger partial charge in [0.15, 0.2) is 0 Å². The number of carbonyl (C=O) groups is 1. The lowest BCUT2D eigenvalue weighted by molar-refractivity contribution is -0.122. The Morgan fingerprint density at radius 3 is 2.59 bits per heavy atom. The number of likely N-dealkylation sites (N-methyl/N-ethyl adjacent to an activating group) is 1. The van der Waals surface area contributed by atoms with Crippen molar-refractivity contribution in [2.45, 2.75) is 32.9 Å². The molecule has 94 valence electrons. The monoisotopic (exact) mass is 238 g/mol. The largest absolute Gasteiger partial charge is 0.355 e. The van der Waals surface area contributed by atoms with Crippen LogP contribution in [0.1, 0.15) is 32.4 Å². The summed E-state index contributed by atoms with van der Waals surface area (Å²) in [5.74, 6) is -0.328. The van der Waals surface area contributed by atoms with Crippen molar-refractivity contribution < 1.29 is 9.18 Å². The molecule has 1 unspecified atom stereocenters. The Kier molecular flexibility index (Phi) is 5.10. The molecule has 4 heteroatoms. The number of rotatable bonds is 5. The van der Waals surface area contributed by atoms with Gasteiger partial charge in [0.2, 0.25) is 5.91 Å². The molecule has 1 rings (SSSR count). The fourth-order valence-corrected chi connectivity index (χ4v) is 1.69. The van der Waals surface area contributed by atoms with Gasteiger partial charge in [0.25, 0.3) is 0 Å². The highest BCUT2D eigenvalue weighted by molar-refractivity contribution is 5.81. The van der Waals surface area contributed by atoms with Crippen LogP contribution in [0.25, 0.3) is 0 Å². The van der Waals surface area contributed by atoms with Crippen molar-refractivity contribution in [3.63, 3.8) is 0 Å². The van der Waals surface area contributed by atoms with Gasteiger partial charge in [-0.05, 0) is 26.8 Å². The van der Waals surface area contributed by atoms with Crippen molar-refractivity contribution in [2.24, 2.45) is 0 Å². The highest BCUT2D eigenvalue weighted by Gasteiger charge is 2.17. The van der Waals surface area contributed by atoms with Crippen LogP contribution in [0, 0.1) is 5.82 Å². The maximum atomic E-state index is 13.5. The standard InChI is InChI=1S/C13H19FN2O/c1-4-15-13(17)10(3)16-9(2)11-7-5-6-8-12(11)14/h5-10,16H,4H2,1-3H3,(H,15,17)/t9-,10?/m1/s1. The fourth-order valence-electron chi connectivity index (χ4n) is 1.69. The number of carbonyl (C=O) groups excluding carboxylic acids is 1. The Bertz CT molecular complexity index is 381. The second-order valence-corrected chi connectivity index (χ2v) is 4.03. The predicted octanol–water partition coefficient (Wildman–Crippen LogP) is 2.00. The van der Waals surface area contributed by atoms with E-state index in [1.54, 1.807) is 25.1 Å². The minimum absolute atomic E-state index is 0.0734. The molecule has 0 aromatic heterocycles. The van der Waals surface area contributed by atoms with E-state index >= 15 is 0 Å². The predicted molar refractivity (Wildman–Crippen MR) is 66.1 cm³/mol. The summed E-state index contributed by atoms with van der Waals surface area (Å²) >= 11 is 0. The molecule has 0 spiro atoms. The van der Waals surface area contributed by atoms with Crippen LogP contribution < -0.4 is 10.6 Å². The molecule has 0 bridgehead atoms. The average molecular weight is 238 g/mol. The van der Waals surface area contributed by atoms with Crippen LogP contribution in [0.3, 0.4) is 0 Å². The minimum atomic E-state index is -0.343. The van der Waals surface area contributed by atoms with Crippen molar-refractivity contribution in [1.82, 2.24) is 10.6 Å². The van der Waals surface area contributed by atoms with Gasteiger partial charge >= 0.3 is 0 Å². The topological polar surface area (TPSA) is 41.1 Å². The fraction of sp³-hybridized carbons (Fsp3) is 0.462. The zero-order valence-electron chi connectivity index (χ0n) is 10.5. The SMILES string of the molecule is CCNC(=O)C(C)N[C@H](C)c1ccccc1F. The molecule has 0 aliphatic heterocycles. The van der Waals surface area contributed by atoms with Gasteiger partial charge in [-0.1, -0.05) is 18.2 Å². The third-order valence-corrected chi connectivity index (χ3v) is 2.62. The molecule has 2 N–H and O–H groups in total. The molecule has 0 saturated carbocycles. The summed E-state index contributed by atoms with van der Waals surface area (Å²) in [5.41, 5.74) is 0.573. The van der Waals surface area contributed by atoms with E-state index < -0.39 is 0 Å². The van der Waals surface area contributed by atoms with E-state index in [1.165, 1.54) is 6.07 Å². The Morgan fingerprint density at radius 1 is 1.35 bits per heavy atom. The third-order valence-electron chi connectivity index (χ3n) is 2.62.